The van der Waals surface area contributed by atoms with Gasteiger partial charge in [0.1, 0.15) is 11.3 Å². The third-order valence-electron chi connectivity index (χ3n) is 4.28. The Bertz CT molecular complexity index is 1120. The number of halogens is 3. The van der Waals surface area contributed by atoms with Crippen molar-refractivity contribution in [1.29, 1.82) is 0 Å². The number of methoxy groups -OCH3 is 2. The van der Waals surface area contributed by atoms with E-state index >= 15 is 0 Å². The molecular formula is C20H14F3NO5. The molecule has 0 radical (unpaired) electrons. The quantitative estimate of drug-likeness (QED) is 0.488. The van der Waals surface area contributed by atoms with Crippen LogP contribution in [0, 0.1) is 0 Å². The van der Waals surface area contributed by atoms with E-state index in [1.54, 1.807) is 6.07 Å². The van der Waals surface area contributed by atoms with Gasteiger partial charge in [-0.15, -0.1) is 0 Å². The van der Waals surface area contributed by atoms with Crippen molar-refractivity contribution in [2.24, 2.45) is 0 Å². The lowest BCUT2D eigenvalue weighted by Crippen LogP contribution is -2.17. The van der Waals surface area contributed by atoms with E-state index in [0.29, 0.717) is 0 Å². The molecule has 0 atom stereocenters. The van der Waals surface area contributed by atoms with Gasteiger partial charge in [0.2, 0.25) is 5.78 Å². The van der Waals surface area contributed by atoms with Gasteiger partial charge in [-0.05, 0) is 12.1 Å². The highest BCUT2D eigenvalue weighted by atomic mass is 19.4. The maximum absolute atomic E-state index is 14.0. The fourth-order valence-electron chi connectivity index (χ4n) is 3.03. The Morgan fingerprint density at radius 3 is 2.07 bits per heavy atom. The van der Waals surface area contributed by atoms with Crippen molar-refractivity contribution < 1.29 is 37.0 Å². The summed E-state index contributed by atoms with van der Waals surface area (Å²) in [7, 11) is 2.03. The number of nitrogens with zero attached hydrogens (tertiary/aromatic N) is 1. The van der Waals surface area contributed by atoms with Crippen LogP contribution in [0.25, 0.3) is 5.52 Å². The van der Waals surface area contributed by atoms with Gasteiger partial charge < -0.3 is 13.9 Å². The van der Waals surface area contributed by atoms with Gasteiger partial charge >= 0.3 is 18.1 Å². The zero-order valence-electron chi connectivity index (χ0n) is 15.2. The lowest BCUT2D eigenvalue weighted by molar-refractivity contribution is -0.138. The molecule has 0 bridgehead atoms. The number of carbonyl (C=O) groups excluding carboxylic acids is 3. The Morgan fingerprint density at radius 2 is 1.52 bits per heavy atom. The van der Waals surface area contributed by atoms with Crippen LogP contribution in [0.3, 0.4) is 0 Å². The number of aromatic nitrogens is 1. The summed E-state index contributed by atoms with van der Waals surface area (Å²) in [5.74, 6) is -3.04. The number of hydrogen-bond acceptors (Lipinski definition) is 5. The Kier molecular flexibility index (Phi) is 5.15. The molecule has 2 heterocycles. The van der Waals surface area contributed by atoms with Crippen molar-refractivity contribution in [3.63, 3.8) is 0 Å². The molecule has 0 spiro atoms. The summed E-state index contributed by atoms with van der Waals surface area (Å²) in [4.78, 5) is 37.0. The van der Waals surface area contributed by atoms with Gasteiger partial charge in [0, 0.05) is 11.8 Å². The number of ketones is 1. The molecule has 1 aromatic carbocycles. The van der Waals surface area contributed by atoms with Crippen molar-refractivity contribution >= 4 is 23.2 Å². The molecule has 0 saturated heterocycles. The second-order valence-corrected chi connectivity index (χ2v) is 5.95. The van der Waals surface area contributed by atoms with Crippen molar-refractivity contribution in [2.45, 2.75) is 6.18 Å². The largest absolute Gasteiger partial charge is 0.465 e. The first kappa shape index (κ1) is 20.1. The number of rotatable bonds is 4. The highest BCUT2D eigenvalue weighted by Gasteiger charge is 2.44. The highest BCUT2D eigenvalue weighted by molar-refractivity contribution is 6.13. The molecular weight excluding hydrogens is 391 g/mol. The van der Waals surface area contributed by atoms with Gasteiger partial charge in [-0.25, -0.2) is 9.59 Å². The molecule has 0 aliphatic rings. The monoisotopic (exact) mass is 405 g/mol. The van der Waals surface area contributed by atoms with Crippen LogP contribution in [0.1, 0.15) is 42.3 Å². The molecule has 0 saturated carbocycles. The molecule has 0 N–H and O–H groups in total. The summed E-state index contributed by atoms with van der Waals surface area (Å²) in [5, 5.41) is 0. The van der Waals surface area contributed by atoms with E-state index in [9.17, 15) is 27.6 Å². The van der Waals surface area contributed by atoms with Gasteiger partial charge in [-0.3, -0.25) is 4.79 Å². The maximum atomic E-state index is 14.0. The van der Waals surface area contributed by atoms with Crippen LogP contribution < -0.4 is 0 Å². The molecule has 3 rings (SSSR count). The van der Waals surface area contributed by atoms with E-state index in [2.05, 4.69) is 9.47 Å². The molecule has 6 nitrogen and oxygen atoms in total. The molecule has 0 fully saturated rings. The average Bonchev–Trinajstić information content (AvgIpc) is 3.07. The first-order valence-corrected chi connectivity index (χ1v) is 8.22. The molecule has 0 unspecified atom stereocenters. The molecule has 150 valence electrons. The summed E-state index contributed by atoms with van der Waals surface area (Å²) >= 11 is 0. The predicted molar refractivity (Wildman–Crippen MR) is 95.0 cm³/mol. The number of alkyl halides is 3. The summed E-state index contributed by atoms with van der Waals surface area (Å²) in [6, 6.07) is 9.60. The minimum atomic E-state index is -5.04. The van der Waals surface area contributed by atoms with Crippen LogP contribution in [0.2, 0.25) is 0 Å². The SMILES string of the molecule is COC(=O)c1ccn2c(C(=O)c3ccccc3)c(C(F)(F)F)c(C(=O)OC)c2c1. The van der Waals surface area contributed by atoms with Crippen LogP contribution in [0.15, 0.2) is 48.7 Å². The van der Waals surface area contributed by atoms with Gasteiger partial charge in [-0.1, -0.05) is 30.3 Å². The number of hydrogen-bond donors (Lipinski definition) is 0. The highest BCUT2D eigenvalue weighted by Crippen LogP contribution is 2.39. The van der Waals surface area contributed by atoms with E-state index in [1.807, 2.05) is 0 Å². The molecule has 0 aliphatic carbocycles. The van der Waals surface area contributed by atoms with E-state index < -0.39 is 40.7 Å². The topological polar surface area (TPSA) is 74.1 Å². The van der Waals surface area contributed by atoms with Crippen molar-refractivity contribution in [3.05, 3.63) is 76.6 Å². The molecule has 0 amide bonds. The Balaban J connectivity index is 2.44. The number of fused-ring (bicyclic) bond motifs is 1. The summed E-state index contributed by atoms with van der Waals surface area (Å²) in [6.07, 6.45) is -3.93. The second-order valence-electron chi connectivity index (χ2n) is 5.95. The zero-order valence-corrected chi connectivity index (χ0v) is 15.2. The number of pyridine rings is 1. The Labute approximate surface area is 162 Å². The maximum Gasteiger partial charge on any atom is 0.419 e. The van der Waals surface area contributed by atoms with Crippen LogP contribution >= 0.6 is 0 Å². The second kappa shape index (κ2) is 7.42. The number of ether oxygens (including phenoxy) is 2. The first-order valence-electron chi connectivity index (χ1n) is 8.22. The van der Waals surface area contributed by atoms with E-state index in [1.165, 1.54) is 30.3 Å². The summed E-state index contributed by atoms with van der Waals surface area (Å²) in [5.41, 5.74) is -3.42. The van der Waals surface area contributed by atoms with Crippen LogP contribution in [0.5, 0.6) is 0 Å². The normalized spacial score (nSPS) is 11.3. The smallest absolute Gasteiger partial charge is 0.419 e. The lowest BCUT2D eigenvalue weighted by Gasteiger charge is -2.10. The lowest BCUT2D eigenvalue weighted by atomic mass is 10.0. The first-order chi connectivity index (χ1) is 13.7. The van der Waals surface area contributed by atoms with Gasteiger partial charge in [0.15, 0.2) is 0 Å². The predicted octanol–water partition coefficient (Wildman–Crippen LogP) is 3.76. The van der Waals surface area contributed by atoms with Gasteiger partial charge in [0.05, 0.1) is 30.9 Å². The van der Waals surface area contributed by atoms with Gasteiger partial charge in [0.25, 0.3) is 0 Å². The Hall–Kier alpha value is -3.62. The summed E-state index contributed by atoms with van der Waals surface area (Å²) in [6.45, 7) is 0. The minimum absolute atomic E-state index is 0.00543. The van der Waals surface area contributed by atoms with Gasteiger partial charge in [-0.2, -0.15) is 13.2 Å². The Morgan fingerprint density at radius 1 is 0.897 bits per heavy atom. The summed E-state index contributed by atoms with van der Waals surface area (Å²) < 4.78 is 52.0. The fraction of sp³-hybridized carbons (Fsp3) is 0.150. The molecule has 2 aromatic heterocycles. The molecule has 0 aliphatic heterocycles. The van der Waals surface area contributed by atoms with Crippen molar-refractivity contribution in [2.75, 3.05) is 14.2 Å². The average molecular weight is 405 g/mol. The third kappa shape index (κ3) is 3.46. The molecule has 29 heavy (non-hydrogen) atoms. The van der Waals surface area contributed by atoms with Crippen LogP contribution in [-0.4, -0.2) is 36.3 Å². The van der Waals surface area contributed by atoms with Crippen molar-refractivity contribution in [1.82, 2.24) is 4.40 Å². The van der Waals surface area contributed by atoms with Crippen LogP contribution in [-0.2, 0) is 15.7 Å². The van der Waals surface area contributed by atoms with E-state index in [4.69, 9.17) is 0 Å². The standard InChI is InChI=1S/C20H14F3NO5/c1-28-18(26)12-8-9-24-13(10-12)14(19(27)29-2)15(20(21,22)23)16(24)17(25)11-6-4-3-5-7-11/h3-10H,1-2H3. The number of benzene rings is 1. The van der Waals surface area contributed by atoms with E-state index in [0.717, 1.165) is 30.9 Å². The zero-order chi connectivity index (χ0) is 21.3. The molecule has 9 heteroatoms. The molecule has 3 aromatic rings. The van der Waals surface area contributed by atoms with Crippen LogP contribution in [0.4, 0.5) is 13.2 Å². The fourth-order valence-corrected chi connectivity index (χ4v) is 3.03. The third-order valence-corrected chi connectivity index (χ3v) is 4.28. The minimum Gasteiger partial charge on any atom is -0.465 e. The van der Waals surface area contributed by atoms with E-state index in [-0.39, 0.29) is 16.6 Å². The number of carbonyl (C=O) groups is 3. The number of esters is 2. The van der Waals surface area contributed by atoms with Crippen molar-refractivity contribution in [3.8, 4) is 0 Å².